The molecule has 0 spiro atoms. The summed E-state index contributed by atoms with van der Waals surface area (Å²) in [5.74, 6) is 0.496. The van der Waals surface area contributed by atoms with Crippen molar-refractivity contribution in [2.45, 2.75) is 4.90 Å². The van der Waals surface area contributed by atoms with Gasteiger partial charge in [0.05, 0.1) is 18.4 Å². The van der Waals surface area contributed by atoms with Gasteiger partial charge in [0.15, 0.2) is 5.75 Å². The van der Waals surface area contributed by atoms with E-state index in [0.717, 1.165) is 0 Å². The van der Waals surface area contributed by atoms with E-state index in [0.29, 0.717) is 22.2 Å². The molecule has 1 aliphatic heterocycles. The van der Waals surface area contributed by atoms with E-state index in [1.807, 2.05) is 0 Å². The average Bonchev–Trinajstić information content (AvgIpc) is 2.83. The molecule has 0 fully saturated rings. The first-order chi connectivity index (χ1) is 13.9. The van der Waals surface area contributed by atoms with Gasteiger partial charge in [-0.1, -0.05) is 23.7 Å². The lowest BCUT2D eigenvalue weighted by molar-refractivity contribution is 0.102. The molecule has 7 nitrogen and oxygen atoms in total. The third-order valence-electron chi connectivity index (χ3n) is 4.24. The molecule has 0 saturated carbocycles. The zero-order chi connectivity index (χ0) is 20.6. The van der Waals surface area contributed by atoms with Gasteiger partial charge in [-0.05, 0) is 48.5 Å². The number of hydrogen-bond acceptors (Lipinski definition) is 5. The Hall–Kier alpha value is -3.23. The molecule has 3 aromatic carbocycles. The molecule has 0 unspecified atom stereocenters. The van der Waals surface area contributed by atoms with Crippen molar-refractivity contribution in [3.05, 3.63) is 71.2 Å². The van der Waals surface area contributed by atoms with E-state index in [1.165, 1.54) is 31.4 Å². The Labute approximate surface area is 172 Å². The zero-order valence-electron chi connectivity index (χ0n) is 15.1. The minimum absolute atomic E-state index is 0.0137. The molecule has 0 atom stereocenters. The van der Waals surface area contributed by atoms with Gasteiger partial charge in [-0.2, -0.15) is 0 Å². The van der Waals surface area contributed by atoms with Crippen molar-refractivity contribution < 1.29 is 22.7 Å². The van der Waals surface area contributed by atoms with Crippen molar-refractivity contribution >= 4 is 38.9 Å². The number of anilines is 2. The molecule has 3 aromatic rings. The van der Waals surface area contributed by atoms with Crippen LogP contribution in [0.3, 0.4) is 0 Å². The van der Waals surface area contributed by atoms with Gasteiger partial charge in [-0.15, -0.1) is 0 Å². The quantitative estimate of drug-likeness (QED) is 0.635. The summed E-state index contributed by atoms with van der Waals surface area (Å²) in [4.78, 5) is 12.6. The second kappa shape index (κ2) is 7.31. The molecule has 0 aromatic heterocycles. The van der Waals surface area contributed by atoms with Crippen LogP contribution in [0.1, 0.15) is 10.4 Å². The smallest absolute Gasteiger partial charge is 0.265 e. The first-order valence-corrected chi connectivity index (χ1v) is 10.3. The molecule has 0 bridgehead atoms. The minimum Gasteiger partial charge on any atom is -0.495 e. The van der Waals surface area contributed by atoms with Crippen molar-refractivity contribution in [3.8, 4) is 17.2 Å². The van der Waals surface area contributed by atoms with Gasteiger partial charge in [0.25, 0.3) is 15.9 Å². The van der Waals surface area contributed by atoms with E-state index in [2.05, 4.69) is 10.0 Å². The number of sulfonamides is 1. The van der Waals surface area contributed by atoms with Crippen LogP contribution in [-0.4, -0.2) is 21.4 Å². The molecule has 2 N–H and O–H groups in total. The van der Waals surface area contributed by atoms with Crippen LogP contribution in [0.4, 0.5) is 11.4 Å². The van der Waals surface area contributed by atoms with Crippen molar-refractivity contribution in [1.29, 1.82) is 0 Å². The SMILES string of the molecule is COc1ccccc1S(=O)(=O)Nc1ccc2c(c1)C(=O)Nc1cc(Cl)ccc1O2. The standard InChI is InChI=1S/C20H15ClN2O5S/c1-27-18-4-2-3-5-19(18)29(25,26)23-13-7-9-16-14(11-13)20(24)22-15-10-12(21)6-8-17(15)28-16/h2-11,23H,1H3,(H,22,24). The van der Waals surface area contributed by atoms with Gasteiger partial charge in [0.1, 0.15) is 16.4 Å². The summed E-state index contributed by atoms with van der Waals surface area (Å²) < 4.78 is 38.9. The Morgan fingerprint density at radius 3 is 2.59 bits per heavy atom. The van der Waals surface area contributed by atoms with E-state index in [-0.39, 0.29) is 21.9 Å². The molecular weight excluding hydrogens is 416 g/mol. The maximum absolute atomic E-state index is 12.8. The highest BCUT2D eigenvalue weighted by atomic mass is 35.5. The normalized spacial score (nSPS) is 12.7. The summed E-state index contributed by atoms with van der Waals surface area (Å²) >= 11 is 5.98. The van der Waals surface area contributed by atoms with Crippen LogP contribution < -0.4 is 19.5 Å². The number of rotatable bonds is 4. The number of carbonyl (C=O) groups excluding carboxylic acids is 1. The van der Waals surface area contributed by atoms with E-state index >= 15 is 0 Å². The van der Waals surface area contributed by atoms with E-state index < -0.39 is 15.9 Å². The van der Waals surface area contributed by atoms with Crippen LogP contribution in [0, 0.1) is 0 Å². The lowest BCUT2D eigenvalue weighted by atomic mass is 10.1. The summed E-state index contributed by atoms with van der Waals surface area (Å²) in [5.41, 5.74) is 0.810. The Balaban J connectivity index is 1.68. The summed E-state index contributed by atoms with van der Waals surface area (Å²) in [6, 6.07) is 15.6. The monoisotopic (exact) mass is 430 g/mol. The van der Waals surface area contributed by atoms with Crippen LogP contribution in [0.15, 0.2) is 65.6 Å². The van der Waals surface area contributed by atoms with E-state index in [9.17, 15) is 13.2 Å². The molecule has 148 valence electrons. The Morgan fingerprint density at radius 2 is 1.79 bits per heavy atom. The average molecular weight is 431 g/mol. The number of carbonyl (C=O) groups is 1. The maximum Gasteiger partial charge on any atom is 0.265 e. The fourth-order valence-corrected chi connectivity index (χ4v) is 4.30. The Morgan fingerprint density at radius 1 is 1.03 bits per heavy atom. The van der Waals surface area contributed by atoms with Gasteiger partial charge < -0.3 is 14.8 Å². The second-order valence-corrected chi connectivity index (χ2v) is 8.25. The molecule has 1 aliphatic rings. The van der Waals surface area contributed by atoms with Crippen molar-refractivity contribution in [1.82, 2.24) is 0 Å². The number of ether oxygens (including phenoxy) is 2. The lowest BCUT2D eigenvalue weighted by Crippen LogP contribution is -2.15. The highest BCUT2D eigenvalue weighted by molar-refractivity contribution is 7.92. The summed E-state index contributed by atoms with van der Waals surface area (Å²) in [5, 5.41) is 3.16. The van der Waals surface area contributed by atoms with Gasteiger partial charge in [-0.3, -0.25) is 9.52 Å². The van der Waals surface area contributed by atoms with Crippen LogP contribution in [0.25, 0.3) is 0 Å². The molecular formula is C20H15ClN2O5S. The molecule has 1 heterocycles. The number of methoxy groups -OCH3 is 1. The van der Waals surface area contributed by atoms with Crippen molar-refractivity contribution in [2.24, 2.45) is 0 Å². The van der Waals surface area contributed by atoms with Crippen LogP contribution in [0.5, 0.6) is 17.2 Å². The van der Waals surface area contributed by atoms with Crippen LogP contribution in [0.2, 0.25) is 5.02 Å². The number of halogens is 1. The van der Waals surface area contributed by atoms with Gasteiger partial charge in [0.2, 0.25) is 0 Å². The first kappa shape index (κ1) is 19.1. The number of benzene rings is 3. The predicted molar refractivity (Wildman–Crippen MR) is 110 cm³/mol. The van der Waals surface area contributed by atoms with Crippen molar-refractivity contribution in [2.75, 3.05) is 17.1 Å². The fourth-order valence-electron chi connectivity index (χ4n) is 2.91. The first-order valence-electron chi connectivity index (χ1n) is 8.46. The number of amides is 1. The van der Waals surface area contributed by atoms with E-state index in [1.54, 1.807) is 36.4 Å². The molecule has 1 amide bonds. The Kier molecular flexibility index (Phi) is 4.81. The lowest BCUT2D eigenvalue weighted by Gasteiger charge is -2.13. The molecule has 0 saturated heterocycles. The third kappa shape index (κ3) is 3.72. The molecule has 4 rings (SSSR count). The molecule has 29 heavy (non-hydrogen) atoms. The maximum atomic E-state index is 12.8. The fraction of sp³-hybridized carbons (Fsp3) is 0.0500. The summed E-state index contributed by atoms with van der Waals surface area (Å²) in [7, 11) is -2.54. The molecule has 0 aliphatic carbocycles. The zero-order valence-corrected chi connectivity index (χ0v) is 16.7. The van der Waals surface area contributed by atoms with Gasteiger partial charge in [-0.25, -0.2) is 8.42 Å². The third-order valence-corrected chi connectivity index (χ3v) is 5.90. The highest BCUT2D eigenvalue weighted by Crippen LogP contribution is 2.38. The number of nitrogens with one attached hydrogen (secondary N) is 2. The summed E-state index contributed by atoms with van der Waals surface area (Å²) in [6.07, 6.45) is 0. The van der Waals surface area contributed by atoms with Crippen LogP contribution >= 0.6 is 11.6 Å². The van der Waals surface area contributed by atoms with Crippen LogP contribution in [-0.2, 0) is 10.0 Å². The second-order valence-electron chi connectivity index (χ2n) is 6.16. The van der Waals surface area contributed by atoms with Gasteiger partial charge >= 0.3 is 0 Å². The minimum atomic E-state index is -3.93. The molecule has 0 radical (unpaired) electrons. The predicted octanol–water partition coefficient (Wildman–Crippen LogP) is 4.51. The number of fused-ring (bicyclic) bond motifs is 2. The number of hydrogen-bond donors (Lipinski definition) is 2. The number of para-hydroxylation sites is 1. The highest BCUT2D eigenvalue weighted by Gasteiger charge is 2.24. The molecule has 9 heteroatoms. The topological polar surface area (TPSA) is 93.7 Å². The largest absolute Gasteiger partial charge is 0.495 e. The summed E-state index contributed by atoms with van der Waals surface area (Å²) in [6.45, 7) is 0. The van der Waals surface area contributed by atoms with Crippen molar-refractivity contribution in [3.63, 3.8) is 0 Å². The Bertz CT molecular complexity index is 1230. The van der Waals surface area contributed by atoms with E-state index in [4.69, 9.17) is 21.1 Å². The van der Waals surface area contributed by atoms with Gasteiger partial charge in [0, 0.05) is 10.7 Å².